The molecule has 1 aliphatic carbocycles. The first-order valence-electron chi connectivity index (χ1n) is 8.89. The van der Waals surface area contributed by atoms with Gasteiger partial charge in [0.2, 0.25) is 0 Å². The molecule has 0 amide bonds. The summed E-state index contributed by atoms with van der Waals surface area (Å²) in [6, 6.07) is 1.49. The Morgan fingerprint density at radius 2 is 2.05 bits per heavy atom. The van der Waals surface area contributed by atoms with Crippen LogP contribution in [0.4, 0.5) is 0 Å². The summed E-state index contributed by atoms with van der Waals surface area (Å²) in [7, 11) is 0. The maximum Gasteiger partial charge on any atom is 0.0338 e. The van der Waals surface area contributed by atoms with Crippen molar-refractivity contribution < 1.29 is 0 Å². The molecule has 20 heavy (non-hydrogen) atoms. The largest absolute Gasteiger partial charge is 0.329 e. The van der Waals surface area contributed by atoms with Crippen molar-refractivity contribution in [3.8, 4) is 0 Å². The number of piperidine rings is 1. The standard InChI is InChI=1S/C17H33N3/c1-3-15-7-8-17(10-15,13-18)20-12-16-6-4-5-9-19(16)11-14(20)2/h14-16H,3-13,18H2,1-2H3. The van der Waals surface area contributed by atoms with Gasteiger partial charge in [0.05, 0.1) is 0 Å². The lowest BCUT2D eigenvalue weighted by atomic mass is 9.87. The van der Waals surface area contributed by atoms with E-state index in [1.54, 1.807) is 0 Å². The molecule has 2 N–H and O–H groups in total. The molecule has 0 bridgehead atoms. The third-order valence-electron chi connectivity index (χ3n) is 6.44. The molecular weight excluding hydrogens is 246 g/mol. The summed E-state index contributed by atoms with van der Waals surface area (Å²) in [6.07, 6.45) is 9.64. The Hall–Kier alpha value is -0.120. The van der Waals surface area contributed by atoms with Crippen LogP contribution in [-0.2, 0) is 0 Å². The zero-order chi connectivity index (χ0) is 14.2. The molecule has 116 valence electrons. The van der Waals surface area contributed by atoms with Crippen LogP contribution in [0.1, 0.15) is 58.8 Å². The van der Waals surface area contributed by atoms with Gasteiger partial charge in [-0.2, -0.15) is 0 Å². The van der Waals surface area contributed by atoms with E-state index < -0.39 is 0 Å². The molecule has 3 fully saturated rings. The number of rotatable bonds is 3. The first kappa shape index (κ1) is 14.8. The van der Waals surface area contributed by atoms with Crippen molar-refractivity contribution in [2.24, 2.45) is 11.7 Å². The highest BCUT2D eigenvalue weighted by Gasteiger charge is 2.47. The van der Waals surface area contributed by atoms with Gasteiger partial charge in [-0.1, -0.05) is 19.8 Å². The summed E-state index contributed by atoms with van der Waals surface area (Å²) in [5.74, 6) is 0.912. The average Bonchev–Trinajstić information content (AvgIpc) is 2.91. The highest BCUT2D eigenvalue weighted by molar-refractivity contribution is 5.04. The Morgan fingerprint density at radius 1 is 1.20 bits per heavy atom. The average molecular weight is 279 g/mol. The number of nitrogens with two attached hydrogens (primary N) is 1. The summed E-state index contributed by atoms with van der Waals surface area (Å²) in [5.41, 5.74) is 6.61. The molecule has 2 saturated heterocycles. The molecule has 1 saturated carbocycles. The lowest BCUT2D eigenvalue weighted by Gasteiger charge is -2.54. The first-order chi connectivity index (χ1) is 9.68. The van der Waals surface area contributed by atoms with Gasteiger partial charge in [0.15, 0.2) is 0 Å². The molecule has 2 heterocycles. The van der Waals surface area contributed by atoms with Crippen molar-refractivity contribution in [3.63, 3.8) is 0 Å². The molecule has 2 aliphatic heterocycles. The van der Waals surface area contributed by atoms with Crippen LogP contribution in [0.5, 0.6) is 0 Å². The maximum absolute atomic E-state index is 6.29. The van der Waals surface area contributed by atoms with Crippen molar-refractivity contribution in [3.05, 3.63) is 0 Å². The lowest BCUT2D eigenvalue weighted by molar-refractivity contribution is -0.0444. The highest BCUT2D eigenvalue weighted by Crippen LogP contribution is 2.42. The minimum Gasteiger partial charge on any atom is -0.329 e. The van der Waals surface area contributed by atoms with E-state index in [2.05, 4.69) is 23.6 Å². The van der Waals surface area contributed by atoms with E-state index in [4.69, 9.17) is 5.73 Å². The van der Waals surface area contributed by atoms with E-state index in [9.17, 15) is 0 Å². The fourth-order valence-corrected chi connectivity index (χ4v) is 5.14. The van der Waals surface area contributed by atoms with Crippen molar-refractivity contribution >= 4 is 0 Å². The second-order valence-corrected chi connectivity index (χ2v) is 7.59. The van der Waals surface area contributed by atoms with E-state index in [0.29, 0.717) is 11.6 Å². The molecule has 4 unspecified atom stereocenters. The van der Waals surface area contributed by atoms with Gasteiger partial charge >= 0.3 is 0 Å². The SMILES string of the molecule is CCC1CCC(CN)(N2CC3CCCCN3CC2C)C1. The summed E-state index contributed by atoms with van der Waals surface area (Å²) in [6.45, 7) is 9.51. The minimum atomic E-state index is 0.323. The number of hydrogen-bond acceptors (Lipinski definition) is 3. The van der Waals surface area contributed by atoms with Gasteiger partial charge in [-0.3, -0.25) is 9.80 Å². The molecule has 0 aromatic carbocycles. The molecule has 0 spiro atoms. The van der Waals surface area contributed by atoms with Crippen LogP contribution in [0.15, 0.2) is 0 Å². The molecule has 0 radical (unpaired) electrons. The highest BCUT2D eigenvalue weighted by atomic mass is 15.3. The number of nitrogens with zero attached hydrogens (tertiary/aromatic N) is 2. The zero-order valence-corrected chi connectivity index (χ0v) is 13.5. The van der Waals surface area contributed by atoms with Crippen LogP contribution in [-0.4, -0.2) is 53.6 Å². The Balaban J connectivity index is 1.74. The second kappa shape index (κ2) is 5.94. The van der Waals surface area contributed by atoms with E-state index in [1.807, 2.05) is 0 Å². The van der Waals surface area contributed by atoms with Crippen molar-refractivity contribution in [1.82, 2.24) is 9.80 Å². The molecular formula is C17H33N3. The van der Waals surface area contributed by atoms with E-state index >= 15 is 0 Å². The van der Waals surface area contributed by atoms with Gasteiger partial charge in [0.25, 0.3) is 0 Å². The summed E-state index contributed by atoms with van der Waals surface area (Å²) < 4.78 is 0. The van der Waals surface area contributed by atoms with Gasteiger partial charge < -0.3 is 5.73 Å². The van der Waals surface area contributed by atoms with E-state index in [1.165, 1.54) is 64.6 Å². The van der Waals surface area contributed by atoms with Crippen LogP contribution in [0.2, 0.25) is 0 Å². The van der Waals surface area contributed by atoms with Gasteiger partial charge in [-0.25, -0.2) is 0 Å². The minimum absolute atomic E-state index is 0.323. The first-order valence-corrected chi connectivity index (χ1v) is 8.89. The molecule has 3 heteroatoms. The summed E-state index contributed by atoms with van der Waals surface area (Å²) in [5, 5.41) is 0. The third-order valence-corrected chi connectivity index (χ3v) is 6.44. The Labute approximate surface area is 124 Å². The molecule has 0 aromatic heterocycles. The van der Waals surface area contributed by atoms with Crippen LogP contribution in [0.3, 0.4) is 0 Å². The van der Waals surface area contributed by atoms with Gasteiger partial charge in [-0.05, 0) is 51.5 Å². The second-order valence-electron chi connectivity index (χ2n) is 7.59. The lowest BCUT2D eigenvalue weighted by Crippen LogP contribution is -2.66. The zero-order valence-electron chi connectivity index (χ0n) is 13.5. The number of piperazine rings is 1. The van der Waals surface area contributed by atoms with Gasteiger partial charge in [-0.15, -0.1) is 0 Å². The van der Waals surface area contributed by atoms with Crippen LogP contribution in [0.25, 0.3) is 0 Å². The van der Waals surface area contributed by atoms with E-state index in [0.717, 1.165) is 18.5 Å². The topological polar surface area (TPSA) is 32.5 Å². The van der Waals surface area contributed by atoms with E-state index in [-0.39, 0.29) is 0 Å². The predicted octanol–water partition coefficient (Wildman–Crippen LogP) is 2.45. The molecule has 3 aliphatic rings. The molecule has 4 atom stereocenters. The number of fused-ring (bicyclic) bond motifs is 1. The Kier molecular flexibility index (Phi) is 4.40. The molecule has 3 nitrogen and oxygen atoms in total. The van der Waals surface area contributed by atoms with Crippen molar-refractivity contribution in [2.75, 3.05) is 26.2 Å². The quantitative estimate of drug-likeness (QED) is 0.861. The molecule has 0 aromatic rings. The smallest absolute Gasteiger partial charge is 0.0338 e. The normalized spacial score (nSPS) is 43.6. The van der Waals surface area contributed by atoms with Crippen molar-refractivity contribution in [1.29, 1.82) is 0 Å². The number of hydrogen-bond donors (Lipinski definition) is 1. The van der Waals surface area contributed by atoms with Crippen LogP contribution >= 0.6 is 0 Å². The van der Waals surface area contributed by atoms with Crippen molar-refractivity contribution in [2.45, 2.75) is 76.4 Å². The van der Waals surface area contributed by atoms with Crippen LogP contribution in [0, 0.1) is 5.92 Å². The summed E-state index contributed by atoms with van der Waals surface area (Å²) >= 11 is 0. The fourth-order valence-electron chi connectivity index (χ4n) is 5.14. The fraction of sp³-hybridized carbons (Fsp3) is 1.00. The predicted molar refractivity (Wildman–Crippen MR) is 84.8 cm³/mol. The van der Waals surface area contributed by atoms with Crippen LogP contribution < -0.4 is 5.73 Å². The Bertz CT molecular complexity index is 332. The Morgan fingerprint density at radius 3 is 2.75 bits per heavy atom. The molecule has 3 rings (SSSR count). The third kappa shape index (κ3) is 2.53. The maximum atomic E-state index is 6.29. The summed E-state index contributed by atoms with van der Waals surface area (Å²) in [4.78, 5) is 5.58. The monoisotopic (exact) mass is 279 g/mol. The van der Waals surface area contributed by atoms with Gasteiger partial charge in [0.1, 0.15) is 0 Å². The van der Waals surface area contributed by atoms with Gasteiger partial charge in [0, 0.05) is 37.3 Å².